The van der Waals surface area contributed by atoms with E-state index in [1.54, 1.807) is 18.9 Å². The van der Waals surface area contributed by atoms with E-state index in [1.807, 2.05) is 29.3 Å². The van der Waals surface area contributed by atoms with Crippen molar-refractivity contribution in [3.05, 3.63) is 48.3 Å². The maximum Gasteiger partial charge on any atom is 0.245 e. The van der Waals surface area contributed by atoms with Crippen molar-refractivity contribution in [1.29, 1.82) is 0 Å². The quantitative estimate of drug-likeness (QED) is 0.301. The van der Waals surface area contributed by atoms with Gasteiger partial charge in [-0.25, -0.2) is 5.06 Å². The van der Waals surface area contributed by atoms with Gasteiger partial charge in [-0.2, -0.15) is 4.73 Å². The molecule has 1 aromatic heterocycles. The number of unbranched alkanes of at least 4 members (excludes halogenated alkanes) is 3. The van der Waals surface area contributed by atoms with Crippen LogP contribution in [0.2, 0.25) is 0 Å². The summed E-state index contributed by atoms with van der Waals surface area (Å²) in [6, 6.07) is 7.89. The number of fused-ring (bicyclic) bond motifs is 2. The molecule has 3 heterocycles. The molecule has 3 N–H and O–H groups in total. The molecule has 0 spiro atoms. The summed E-state index contributed by atoms with van der Waals surface area (Å²) in [5.74, 6) is -0.732. The molecule has 1 unspecified atom stereocenters. The highest BCUT2D eigenvalue weighted by Crippen LogP contribution is 2.21. The standard InChI is InChI=1S/C13H20N4O3.C10H11NO.C8H17NO2.C4H10/c1-9-6-14-11(18)7-15-12(19)8-16-13(20)10-4-2-3-5-17(9)10;1-8-7-11(12-2)10-6-4-3-5-9(8)10;1-4-5-6-7-8(10)9(2)11-3;1-3-4-2/h10H,1-8H2,(H,14,18)(H,15,19)(H,16,20);3-7H,1-2H3;4-7H2,1-3H3;3-4H2,1-2H3. The van der Waals surface area contributed by atoms with Crippen LogP contribution in [-0.4, -0.2) is 91.8 Å². The molecule has 0 bridgehead atoms. The van der Waals surface area contributed by atoms with Gasteiger partial charge >= 0.3 is 0 Å². The van der Waals surface area contributed by atoms with Crippen LogP contribution in [0.1, 0.15) is 84.1 Å². The van der Waals surface area contributed by atoms with Gasteiger partial charge in [-0.3, -0.25) is 24.0 Å². The number of para-hydroxylation sites is 1. The van der Waals surface area contributed by atoms with Gasteiger partial charge in [0.1, 0.15) is 13.2 Å². The SMILES string of the molecule is C=C1CNC(=O)CNC(=O)CNC(=O)C2CCCCN12.CCCC.CCCCCC(=O)N(C)OC.COn1cc(C)c2ccccc21. The molecule has 2 aliphatic rings. The number of hydrogen-bond donors (Lipinski definition) is 3. The number of hydrogen-bond acceptors (Lipinski definition) is 7. The monoisotopic (exact) mass is 658 g/mol. The van der Waals surface area contributed by atoms with Crippen molar-refractivity contribution >= 4 is 34.5 Å². The Balaban J connectivity index is 0.000000352. The zero-order chi connectivity index (χ0) is 35.2. The third-order valence-electron chi connectivity index (χ3n) is 7.76. The van der Waals surface area contributed by atoms with Crippen molar-refractivity contribution in [3.8, 4) is 0 Å². The summed E-state index contributed by atoms with van der Waals surface area (Å²) in [5.41, 5.74) is 3.09. The number of piperidine rings is 1. The van der Waals surface area contributed by atoms with E-state index in [2.05, 4.69) is 56.3 Å². The van der Waals surface area contributed by atoms with Crippen molar-refractivity contribution in [3.63, 3.8) is 0 Å². The zero-order valence-electron chi connectivity index (χ0n) is 29.7. The van der Waals surface area contributed by atoms with E-state index in [0.717, 1.165) is 56.3 Å². The first-order valence-corrected chi connectivity index (χ1v) is 16.7. The first kappa shape index (κ1) is 41.0. The first-order chi connectivity index (χ1) is 22.5. The summed E-state index contributed by atoms with van der Waals surface area (Å²) in [4.78, 5) is 58.0. The van der Waals surface area contributed by atoms with E-state index in [9.17, 15) is 19.2 Å². The summed E-state index contributed by atoms with van der Waals surface area (Å²) in [6.07, 6.45) is 11.2. The molecule has 0 radical (unpaired) electrons. The van der Waals surface area contributed by atoms with E-state index in [-0.39, 0.29) is 42.8 Å². The molecule has 2 fully saturated rings. The molecule has 264 valence electrons. The predicted octanol–water partition coefficient (Wildman–Crippen LogP) is 4.12. The molecule has 4 amide bonds. The molecule has 4 rings (SSSR count). The van der Waals surface area contributed by atoms with Gasteiger partial charge in [0.05, 0.1) is 32.3 Å². The van der Waals surface area contributed by atoms with Crippen LogP contribution in [0.4, 0.5) is 0 Å². The molecule has 12 nitrogen and oxygen atoms in total. The Morgan fingerprint density at radius 1 is 0.936 bits per heavy atom. The number of amides is 4. The molecular weight excluding hydrogens is 600 g/mol. The number of rotatable bonds is 7. The van der Waals surface area contributed by atoms with Gasteiger partial charge in [0.15, 0.2) is 0 Å². The first-order valence-electron chi connectivity index (χ1n) is 16.7. The number of nitrogens with zero attached hydrogens (tertiary/aromatic N) is 3. The Morgan fingerprint density at radius 3 is 2.19 bits per heavy atom. The van der Waals surface area contributed by atoms with Gasteiger partial charge in [-0.05, 0) is 44.2 Å². The van der Waals surface area contributed by atoms with Crippen LogP contribution in [-0.2, 0) is 24.0 Å². The minimum atomic E-state index is -0.366. The van der Waals surface area contributed by atoms with Crippen molar-refractivity contribution in [1.82, 2.24) is 30.6 Å². The number of carbonyl (C=O) groups is 4. The van der Waals surface area contributed by atoms with Crippen LogP contribution in [0.25, 0.3) is 10.9 Å². The highest BCUT2D eigenvalue weighted by atomic mass is 16.7. The molecular formula is C35H58N6O6. The van der Waals surface area contributed by atoms with Crippen molar-refractivity contribution < 1.29 is 28.9 Å². The smallest absolute Gasteiger partial charge is 0.245 e. The topological polar surface area (TPSA) is 134 Å². The Kier molecular flexibility index (Phi) is 20.3. The lowest BCUT2D eigenvalue weighted by Crippen LogP contribution is -2.53. The maximum atomic E-state index is 12.2. The lowest BCUT2D eigenvalue weighted by Gasteiger charge is -2.37. The number of benzene rings is 1. The highest BCUT2D eigenvalue weighted by Gasteiger charge is 2.30. The molecule has 1 atom stereocenters. The van der Waals surface area contributed by atoms with E-state index in [4.69, 9.17) is 9.68 Å². The molecule has 2 aliphatic heterocycles. The summed E-state index contributed by atoms with van der Waals surface area (Å²) in [6.45, 7) is 13.4. The minimum Gasteiger partial charge on any atom is -0.417 e. The van der Waals surface area contributed by atoms with E-state index < -0.39 is 0 Å². The molecule has 2 aromatic rings. The van der Waals surface area contributed by atoms with Crippen LogP contribution >= 0.6 is 0 Å². The maximum absolute atomic E-state index is 12.2. The van der Waals surface area contributed by atoms with E-state index >= 15 is 0 Å². The third kappa shape index (κ3) is 14.9. The van der Waals surface area contributed by atoms with Crippen molar-refractivity contribution in [2.45, 2.75) is 91.5 Å². The molecule has 12 heteroatoms. The molecule has 1 aromatic carbocycles. The normalized spacial score (nSPS) is 16.5. The van der Waals surface area contributed by atoms with Gasteiger partial charge in [-0.1, -0.05) is 71.2 Å². The highest BCUT2D eigenvalue weighted by molar-refractivity contribution is 5.90. The second kappa shape index (κ2) is 23.3. The van der Waals surface area contributed by atoms with Crippen LogP contribution in [0, 0.1) is 6.92 Å². The fraction of sp³-hybridized carbons (Fsp3) is 0.600. The van der Waals surface area contributed by atoms with Crippen molar-refractivity contribution in [2.75, 3.05) is 47.4 Å². The fourth-order valence-electron chi connectivity index (χ4n) is 4.72. The third-order valence-corrected chi connectivity index (χ3v) is 7.76. The largest absolute Gasteiger partial charge is 0.417 e. The number of nitrogens with one attached hydrogen (secondary N) is 3. The van der Waals surface area contributed by atoms with Gasteiger partial charge < -0.3 is 25.7 Å². The minimum absolute atomic E-state index is 0.0564. The van der Waals surface area contributed by atoms with Gasteiger partial charge in [0, 0.05) is 37.3 Å². The van der Waals surface area contributed by atoms with Gasteiger partial charge in [0.25, 0.3) is 0 Å². The number of aromatic nitrogens is 1. The lowest BCUT2D eigenvalue weighted by atomic mass is 10.0. The summed E-state index contributed by atoms with van der Waals surface area (Å²) in [7, 11) is 4.80. The lowest BCUT2D eigenvalue weighted by molar-refractivity contribution is -0.168. The van der Waals surface area contributed by atoms with Crippen LogP contribution in [0.15, 0.2) is 42.7 Å². The van der Waals surface area contributed by atoms with Crippen LogP contribution in [0.5, 0.6) is 0 Å². The second-order valence-electron chi connectivity index (χ2n) is 11.4. The molecule has 0 saturated carbocycles. The fourth-order valence-corrected chi connectivity index (χ4v) is 4.72. The molecule has 47 heavy (non-hydrogen) atoms. The Labute approximate surface area is 281 Å². The molecule has 0 aliphatic carbocycles. The molecule has 2 saturated heterocycles. The Morgan fingerprint density at radius 2 is 1.57 bits per heavy atom. The van der Waals surface area contributed by atoms with Crippen LogP contribution < -0.4 is 20.8 Å². The van der Waals surface area contributed by atoms with Crippen LogP contribution in [0.3, 0.4) is 0 Å². The number of carbonyl (C=O) groups excluding carboxylic acids is 4. The number of aryl methyl sites for hydroxylation is 1. The predicted molar refractivity (Wildman–Crippen MR) is 186 cm³/mol. The number of hydroxylamine groups is 2. The van der Waals surface area contributed by atoms with Gasteiger partial charge in [0.2, 0.25) is 23.6 Å². The second-order valence-corrected chi connectivity index (χ2v) is 11.4. The zero-order valence-corrected chi connectivity index (χ0v) is 29.7. The summed E-state index contributed by atoms with van der Waals surface area (Å²) < 4.78 is 1.78. The summed E-state index contributed by atoms with van der Waals surface area (Å²) >= 11 is 0. The van der Waals surface area contributed by atoms with E-state index in [1.165, 1.54) is 36.0 Å². The summed E-state index contributed by atoms with van der Waals surface area (Å²) in [5, 5.41) is 10.3. The van der Waals surface area contributed by atoms with E-state index in [0.29, 0.717) is 13.0 Å². The Bertz CT molecular complexity index is 1220. The average molecular weight is 659 g/mol. The van der Waals surface area contributed by atoms with Crippen molar-refractivity contribution in [2.24, 2.45) is 0 Å². The average Bonchev–Trinajstić information content (AvgIpc) is 3.43. The Hall–Kier alpha value is -4.06. The van der Waals surface area contributed by atoms with Gasteiger partial charge in [-0.15, -0.1) is 0 Å².